The first kappa shape index (κ1) is 13.5. The first-order chi connectivity index (χ1) is 7.47. The summed E-state index contributed by atoms with van der Waals surface area (Å²) in [5.74, 6) is 0.702. The monoisotopic (exact) mass is 227 g/mol. The van der Waals surface area contributed by atoms with Gasteiger partial charge in [0.25, 0.3) is 0 Å². The molecule has 1 fully saturated rings. The molecule has 0 aromatic heterocycles. The van der Waals surface area contributed by atoms with E-state index in [0.29, 0.717) is 5.92 Å². The summed E-state index contributed by atoms with van der Waals surface area (Å²) >= 11 is 0. The zero-order valence-electron chi connectivity index (χ0n) is 10.8. The van der Waals surface area contributed by atoms with Gasteiger partial charge in [0.15, 0.2) is 0 Å². The molecule has 16 heavy (non-hydrogen) atoms. The Morgan fingerprint density at radius 1 is 1.25 bits per heavy atom. The van der Waals surface area contributed by atoms with Crippen LogP contribution in [0.5, 0.6) is 0 Å². The van der Waals surface area contributed by atoms with E-state index < -0.39 is 0 Å². The van der Waals surface area contributed by atoms with Gasteiger partial charge < -0.3 is 10.1 Å². The van der Waals surface area contributed by atoms with Crippen LogP contribution in [0.4, 0.5) is 0 Å². The lowest BCUT2D eigenvalue weighted by Crippen LogP contribution is -2.35. The Morgan fingerprint density at radius 3 is 2.44 bits per heavy atom. The number of hydrogen-bond acceptors (Lipinski definition) is 2. The minimum Gasteiger partial charge on any atom is -0.366 e. The van der Waals surface area contributed by atoms with Gasteiger partial charge in [0.05, 0.1) is 5.60 Å². The number of hydrogen-bond donors (Lipinski definition) is 1. The maximum absolute atomic E-state index is 11.5. The van der Waals surface area contributed by atoms with Crippen LogP contribution in [0.15, 0.2) is 0 Å². The molecule has 0 atom stereocenters. The average Bonchev–Trinajstić information content (AvgIpc) is 2.24. The van der Waals surface area contributed by atoms with Gasteiger partial charge in [-0.2, -0.15) is 0 Å². The lowest BCUT2D eigenvalue weighted by Gasteiger charge is -2.23. The zero-order chi connectivity index (χ0) is 12.0. The number of carbonyl (C=O) groups excluding carboxylic acids is 1. The van der Waals surface area contributed by atoms with Crippen molar-refractivity contribution >= 4 is 5.91 Å². The van der Waals surface area contributed by atoms with Gasteiger partial charge in [-0.1, -0.05) is 19.3 Å². The molecule has 0 aromatic carbocycles. The highest BCUT2D eigenvalue weighted by Crippen LogP contribution is 2.22. The Morgan fingerprint density at radius 2 is 1.88 bits per heavy atom. The molecule has 0 aliphatic heterocycles. The Balaban J connectivity index is 2.09. The van der Waals surface area contributed by atoms with Crippen molar-refractivity contribution in [1.29, 1.82) is 0 Å². The van der Waals surface area contributed by atoms with Gasteiger partial charge in [-0.3, -0.25) is 4.79 Å². The maximum Gasteiger partial charge on any atom is 0.246 e. The number of rotatable bonds is 4. The molecule has 3 nitrogen and oxygen atoms in total. The molecule has 1 aliphatic carbocycles. The minimum absolute atomic E-state index is 0.0144. The van der Waals surface area contributed by atoms with Crippen molar-refractivity contribution in [1.82, 2.24) is 5.32 Å². The van der Waals surface area contributed by atoms with Crippen LogP contribution < -0.4 is 5.32 Å². The molecule has 0 bridgehead atoms. The summed E-state index contributed by atoms with van der Waals surface area (Å²) in [6, 6.07) is 0. The van der Waals surface area contributed by atoms with Crippen LogP contribution in [0.25, 0.3) is 0 Å². The minimum atomic E-state index is -0.234. The van der Waals surface area contributed by atoms with Crippen LogP contribution in [-0.4, -0.2) is 24.7 Å². The fourth-order valence-electron chi connectivity index (χ4n) is 1.98. The molecule has 0 radical (unpaired) electrons. The Bertz CT molecular complexity index is 214. The van der Waals surface area contributed by atoms with Gasteiger partial charge in [-0.05, 0) is 39.5 Å². The van der Waals surface area contributed by atoms with E-state index in [1.165, 1.54) is 32.1 Å². The highest BCUT2D eigenvalue weighted by Gasteiger charge is 2.16. The van der Waals surface area contributed by atoms with E-state index in [9.17, 15) is 4.79 Å². The SMILES string of the molecule is CC(C)(C)OCC(=O)NCC1CCCCC1. The number of carbonyl (C=O) groups is 1. The summed E-state index contributed by atoms with van der Waals surface area (Å²) < 4.78 is 5.42. The summed E-state index contributed by atoms with van der Waals surface area (Å²) in [7, 11) is 0. The third kappa shape index (κ3) is 6.11. The quantitative estimate of drug-likeness (QED) is 0.801. The highest BCUT2D eigenvalue weighted by atomic mass is 16.5. The number of nitrogens with one attached hydrogen (secondary N) is 1. The second kappa shape index (κ2) is 6.24. The predicted octanol–water partition coefficient (Wildman–Crippen LogP) is 2.50. The highest BCUT2D eigenvalue weighted by molar-refractivity contribution is 5.77. The Kier molecular flexibility index (Phi) is 5.26. The third-order valence-electron chi connectivity index (χ3n) is 2.95. The van der Waals surface area contributed by atoms with Crippen molar-refractivity contribution in [2.24, 2.45) is 5.92 Å². The van der Waals surface area contributed by atoms with Crippen LogP contribution in [0.3, 0.4) is 0 Å². The van der Waals surface area contributed by atoms with Gasteiger partial charge in [-0.25, -0.2) is 0 Å². The van der Waals surface area contributed by atoms with E-state index >= 15 is 0 Å². The summed E-state index contributed by atoms with van der Waals surface area (Å²) in [6.45, 7) is 6.88. The normalized spacial score (nSPS) is 18.4. The van der Waals surface area contributed by atoms with E-state index in [1.54, 1.807) is 0 Å². The number of amides is 1. The first-order valence-corrected chi connectivity index (χ1v) is 6.38. The van der Waals surface area contributed by atoms with Crippen LogP contribution in [0, 0.1) is 5.92 Å². The topological polar surface area (TPSA) is 38.3 Å². The van der Waals surface area contributed by atoms with Gasteiger partial charge >= 0.3 is 0 Å². The van der Waals surface area contributed by atoms with Crippen LogP contribution >= 0.6 is 0 Å². The van der Waals surface area contributed by atoms with E-state index in [1.807, 2.05) is 20.8 Å². The van der Waals surface area contributed by atoms with E-state index in [-0.39, 0.29) is 18.1 Å². The van der Waals surface area contributed by atoms with Crippen molar-refractivity contribution in [3.8, 4) is 0 Å². The van der Waals surface area contributed by atoms with Gasteiger partial charge in [-0.15, -0.1) is 0 Å². The molecule has 1 N–H and O–H groups in total. The van der Waals surface area contributed by atoms with E-state index in [2.05, 4.69) is 5.32 Å². The maximum atomic E-state index is 11.5. The lowest BCUT2D eigenvalue weighted by atomic mass is 9.89. The Labute approximate surface area is 98.9 Å². The van der Waals surface area contributed by atoms with Crippen molar-refractivity contribution in [2.75, 3.05) is 13.2 Å². The molecule has 1 aliphatic rings. The average molecular weight is 227 g/mol. The molecule has 3 heteroatoms. The van der Waals surface area contributed by atoms with Crippen molar-refractivity contribution in [3.63, 3.8) is 0 Å². The first-order valence-electron chi connectivity index (χ1n) is 6.38. The van der Waals surface area contributed by atoms with Gasteiger partial charge in [0, 0.05) is 6.54 Å². The largest absolute Gasteiger partial charge is 0.366 e. The fourth-order valence-corrected chi connectivity index (χ4v) is 1.98. The molecule has 1 rings (SSSR count). The van der Waals surface area contributed by atoms with Crippen molar-refractivity contribution < 1.29 is 9.53 Å². The molecule has 1 amide bonds. The van der Waals surface area contributed by atoms with Crippen LogP contribution in [-0.2, 0) is 9.53 Å². The molecule has 0 aromatic rings. The second-order valence-corrected chi connectivity index (χ2v) is 5.71. The molecule has 0 heterocycles. The second-order valence-electron chi connectivity index (χ2n) is 5.71. The zero-order valence-corrected chi connectivity index (χ0v) is 10.8. The summed E-state index contributed by atoms with van der Waals surface area (Å²) in [4.78, 5) is 11.5. The Hall–Kier alpha value is -0.570. The molecule has 0 unspecified atom stereocenters. The van der Waals surface area contributed by atoms with Gasteiger partial charge in [0.2, 0.25) is 5.91 Å². The fraction of sp³-hybridized carbons (Fsp3) is 0.923. The van der Waals surface area contributed by atoms with Crippen molar-refractivity contribution in [3.05, 3.63) is 0 Å². The summed E-state index contributed by atoms with van der Waals surface area (Å²) in [5, 5.41) is 2.96. The summed E-state index contributed by atoms with van der Waals surface area (Å²) in [5.41, 5.74) is -0.234. The number of ether oxygens (including phenoxy) is 1. The molecule has 0 saturated heterocycles. The molecule has 0 spiro atoms. The van der Waals surface area contributed by atoms with E-state index in [4.69, 9.17) is 4.74 Å². The van der Waals surface area contributed by atoms with Crippen LogP contribution in [0.1, 0.15) is 52.9 Å². The molecule has 1 saturated carbocycles. The predicted molar refractivity (Wildman–Crippen MR) is 65.3 cm³/mol. The van der Waals surface area contributed by atoms with Crippen molar-refractivity contribution in [2.45, 2.75) is 58.5 Å². The van der Waals surface area contributed by atoms with Crippen LogP contribution in [0.2, 0.25) is 0 Å². The molecular formula is C13H25NO2. The third-order valence-corrected chi connectivity index (χ3v) is 2.95. The van der Waals surface area contributed by atoms with Gasteiger partial charge in [0.1, 0.15) is 6.61 Å². The smallest absolute Gasteiger partial charge is 0.246 e. The molecule has 94 valence electrons. The standard InChI is InChI=1S/C13H25NO2/c1-13(2,3)16-10-12(15)14-9-11-7-5-4-6-8-11/h11H,4-10H2,1-3H3,(H,14,15). The van der Waals surface area contributed by atoms with E-state index in [0.717, 1.165) is 6.54 Å². The lowest BCUT2D eigenvalue weighted by molar-refractivity contribution is -0.130. The summed E-state index contributed by atoms with van der Waals surface area (Å²) in [6.07, 6.45) is 6.52. The molecular weight excluding hydrogens is 202 g/mol.